The van der Waals surface area contributed by atoms with Crippen molar-refractivity contribution in [3.8, 4) is 0 Å². The van der Waals surface area contributed by atoms with Crippen LogP contribution in [0, 0.1) is 5.82 Å². The Morgan fingerprint density at radius 2 is 2.05 bits per heavy atom. The molecule has 0 aliphatic heterocycles. The minimum Gasteiger partial charge on any atom is -0.444 e. The van der Waals surface area contributed by atoms with Gasteiger partial charge >= 0.3 is 6.09 Å². The van der Waals surface area contributed by atoms with Crippen molar-refractivity contribution in [3.63, 3.8) is 0 Å². The molecule has 5 nitrogen and oxygen atoms in total. The molecule has 0 fully saturated rings. The van der Waals surface area contributed by atoms with Gasteiger partial charge in [0.2, 0.25) is 0 Å². The number of halogens is 2. The Morgan fingerprint density at radius 1 is 1.40 bits per heavy atom. The van der Waals surface area contributed by atoms with Gasteiger partial charge in [-0.05, 0) is 26.8 Å². The Labute approximate surface area is 122 Å². The molecule has 20 heavy (non-hydrogen) atoms. The van der Waals surface area contributed by atoms with Crippen molar-refractivity contribution in [2.45, 2.75) is 26.4 Å². The highest BCUT2D eigenvalue weighted by Crippen LogP contribution is 2.25. The zero-order chi connectivity index (χ0) is 15.3. The Morgan fingerprint density at radius 3 is 2.65 bits per heavy atom. The molecule has 0 aliphatic rings. The molecule has 1 aromatic carbocycles. The van der Waals surface area contributed by atoms with Crippen molar-refractivity contribution in [2.24, 2.45) is 0 Å². The summed E-state index contributed by atoms with van der Waals surface area (Å²) in [4.78, 5) is 11.4. The molecule has 0 unspecified atom stereocenters. The number of rotatable bonds is 4. The van der Waals surface area contributed by atoms with E-state index in [9.17, 15) is 9.18 Å². The highest BCUT2D eigenvalue weighted by Gasteiger charge is 2.15. The van der Waals surface area contributed by atoms with E-state index in [-0.39, 0.29) is 5.02 Å². The lowest BCUT2D eigenvalue weighted by atomic mass is 10.2. The van der Waals surface area contributed by atoms with E-state index in [1.165, 1.54) is 12.1 Å². The summed E-state index contributed by atoms with van der Waals surface area (Å²) >= 11 is 5.59. The maximum Gasteiger partial charge on any atom is 0.407 e. The average Bonchev–Trinajstić information content (AvgIpc) is 2.28. The number of carbonyl (C=O) groups is 1. The van der Waals surface area contributed by atoms with Gasteiger partial charge in [0.25, 0.3) is 0 Å². The van der Waals surface area contributed by atoms with Crippen LogP contribution in [0.2, 0.25) is 5.02 Å². The topological polar surface area (TPSA) is 76.4 Å². The molecule has 112 valence electrons. The van der Waals surface area contributed by atoms with E-state index in [4.69, 9.17) is 22.1 Å². The van der Waals surface area contributed by atoms with E-state index < -0.39 is 17.5 Å². The van der Waals surface area contributed by atoms with Crippen LogP contribution in [-0.4, -0.2) is 24.8 Å². The molecule has 0 atom stereocenters. The molecular weight excluding hydrogens is 285 g/mol. The number of carbonyl (C=O) groups excluding carboxylic acids is 1. The highest BCUT2D eigenvalue weighted by molar-refractivity contribution is 6.31. The average molecular weight is 304 g/mol. The smallest absolute Gasteiger partial charge is 0.407 e. The first-order chi connectivity index (χ1) is 9.19. The molecule has 0 saturated carbocycles. The number of nitrogen functional groups attached to an aromatic ring is 1. The second-order valence-corrected chi connectivity index (χ2v) is 5.62. The largest absolute Gasteiger partial charge is 0.444 e. The molecule has 1 rings (SSSR count). The third kappa shape index (κ3) is 5.52. The lowest BCUT2D eigenvalue weighted by Gasteiger charge is -2.19. The fourth-order valence-corrected chi connectivity index (χ4v) is 1.56. The van der Waals surface area contributed by atoms with Crippen LogP contribution in [0.3, 0.4) is 0 Å². The molecule has 0 saturated heterocycles. The van der Waals surface area contributed by atoms with Crippen LogP contribution in [0.1, 0.15) is 20.8 Å². The summed E-state index contributed by atoms with van der Waals surface area (Å²) in [6.07, 6.45) is -0.505. The van der Waals surface area contributed by atoms with Crippen molar-refractivity contribution >= 4 is 29.1 Å². The van der Waals surface area contributed by atoms with E-state index in [1.54, 1.807) is 20.8 Å². The molecule has 0 aromatic heterocycles. The molecule has 0 heterocycles. The second-order valence-electron chi connectivity index (χ2n) is 5.21. The second kappa shape index (κ2) is 6.65. The summed E-state index contributed by atoms with van der Waals surface area (Å²) in [5.74, 6) is -0.552. The summed E-state index contributed by atoms with van der Waals surface area (Å²) in [6, 6.07) is 2.55. The number of nitrogens with one attached hydrogen (secondary N) is 2. The highest BCUT2D eigenvalue weighted by atomic mass is 35.5. The Hall–Kier alpha value is -1.69. The number of hydrogen-bond donors (Lipinski definition) is 3. The first kappa shape index (κ1) is 16.4. The number of amides is 1. The van der Waals surface area contributed by atoms with Gasteiger partial charge in [-0.1, -0.05) is 11.6 Å². The number of nitrogens with two attached hydrogens (primary N) is 1. The van der Waals surface area contributed by atoms with Crippen LogP contribution in [0.25, 0.3) is 0 Å². The van der Waals surface area contributed by atoms with E-state index in [0.717, 1.165) is 0 Å². The summed E-state index contributed by atoms with van der Waals surface area (Å²) < 4.78 is 18.3. The molecule has 7 heteroatoms. The molecule has 4 N–H and O–H groups in total. The van der Waals surface area contributed by atoms with Gasteiger partial charge in [0.1, 0.15) is 11.4 Å². The van der Waals surface area contributed by atoms with Gasteiger partial charge < -0.3 is 21.1 Å². The zero-order valence-corrected chi connectivity index (χ0v) is 12.5. The Balaban J connectivity index is 2.38. The SMILES string of the molecule is CC(C)(C)OC(=O)NCCNc1cc(F)c(Cl)cc1N. The number of hydrogen-bond acceptors (Lipinski definition) is 4. The number of benzene rings is 1. The van der Waals surface area contributed by atoms with E-state index in [1.807, 2.05) is 0 Å². The van der Waals surface area contributed by atoms with Crippen LogP contribution in [0.15, 0.2) is 12.1 Å². The van der Waals surface area contributed by atoms with Gasteiger partial charge in [-0.3, -0.25) is 0 Å². The molecule has 0 spiro atoms. The summed E-state index contributed by atoms with van der Waals surface area (Å²) in [5, 5.41) is 5.45. The van der Waals surface area contributed by atoms with E-state index in [0.29, 0.717) is 24.5 Å². The lowest BCUT2D eigenvalue weighted by molar-refractivity contribution is 0.0530. The fourth-order valence-electron chi connectivity index (χ4n) is 1.39. The first-order valence-electron chi connectivity index (χ1n) is 6.14. The quantitative estimate of drug-likeness (QED) is 0.590. The summed E-state index contributed by atoms with van der Waals surface area (Å²) in [7, 11) is 0. The fraction of sp³-hybridized carbons (Fsp3) is 0.462. The van der Waals surface area contributed by atoms with Gasteiger partial charge in [0, 0.05) is 19.2 Å². The maximum atomic E-state index is 13.3. The van der Waals surface area contributed by atoms with Crippen molar-refractivity contribution in [2.75, 3.05) is 24.1 Å². The van der Waals surface area contributed by atoms with Crippen LogP contribution in [0.4, 0.5) is 20.6 Å². The monoisotopic (exact) mass is 303 g/mol. The van der Waals surface area contributed by atoms with Crippen LogP contribution in [-0.2, 0) is 4.74 Å². The molecule has 1 amide bonds. The zero-order valence-electron chi connectivity index (χ0n) is 11.7. The first-order valence-corrected chi connectivity index (χ1v) is 6.52. The third-order valence-corrected chi connectivity index (χ3v) is 2.49. The molecule has 0 aliphatic carbocycles. The number of alkyl carbamates (subject to hydrolysis) is 1. The minimum absolute atomic E-state index is 0.0278. The normalized spacial score (nSPS) is 11.1. The van der Waals surface area contributed by atoms with E-state index in [2.05, 4.69) is 10.6 Å². The Kier molecular flexibility index (Phi) is 5.44. The van der Waals surface area contributed by atoms with E-state index >= 15 is 0 Å². The maximum absolute atomic E-state index is 13.3. The van der Waals surface area contributed by atoms with Crippen molar-refractivity contribution < 1.29 is 13.9 Å². The Bertz CT molecular complexity index is 489. The molecule has 0 bridgehead atoms. The predicted molar refractivity (Wildman–Crippen MR) is 78.5 cm³/mol. The third-order valence-electron chi connectivity index (χ3n) is 2.20. The van der Waals surface area contributed by atoms with Gasteiger partial charge in [0.15, 0.2) is 0 Å². The summed E-state index contributed by atoms with van der Waals surface area (Å²) in [5.41, 5.74) is 5.92. The van der Waals surface area contributed by atoms with Gasteiger partial charge in [0.05, 0.1) is 16.4 Å². The molecule has 1 aromatic rings. The minimum atomic E-state index is -0.552. The van der Waals surface area contributed by atoms with Crippen molar-refractivity contribution in [1.82, 2.24) is 5.32 Å². The lowest BCUT2D eigenvalue weighted by Crippen LogP contribution is -2.35. The molecule has 0 radical (unpaired) electrons. The number of ether oxygens (including phenoxy) is 1. The van der Waals surface area contributed by atoms with Crippen molar-refractivity contribution in [3.05, 3.63) is 23.0 Å². The van der Waals surface area contributed by atoms with Gasteiger partial charge in [-0.2, -0.15) is 0 Å². The molecular formula is C13H19ClFN3O2. The summed E-state index contributed by atoms with van der Waals surface area (Å²) in [6.45, 7) is 6.04. The standard InChI is InChI=1S/C13H19ClFN3O2/c1-13(2,3)20-12(19)18-5-4-17-11-7-9(15)8(14)6-10(11)16/h6-7,17H,4-5,16H2,1-3H3,(H,18,19). The van der Waals surface area contributed by atoms with Gasteiger partial charge in [-0.15, -0.1) is 0 Å². The van der Waals surface area contributed by atoms with Gasteiger partial charge in [-0.25, -0.2) is 9.18 Å². The van der Waals surface area contributed by atoms with Crippen LogP contribution in [0.5, 0.6) is 0 Å². The van der Waals surface area contributed by atoms with Crippen LogP contribution >= 0.6 is 11.6 Å². The predicted octanol–water partition coefficient (Wildman–Crippen LogP) is 3.00. The number of anilines is 2. The van der Waals surface area contributed by atoms with Crippen molar-refractivity contribution in [1.29, 1.82) is 0 Å². The van der Waals surface area contributed by atoms with Crippen LogP contribution < -0.4 is 16.4 Å².